The van der Waals surface area contributed by atoms with Gasteiger partial charge in [0, 0.05) is 0 Å². The Morgan fingerprint density at radius 2 is 1.27 bits per heavy atom. The molecule has 0 heterocycles. The zero-order chi connectivity index (χ0) is 10.7. The molecule has 2 radical (unpaired) electrons. The molecule has 2 aromatic rings. The van der Waals surface area contributed by atoms with E-state index in [2.05, 4.69) is 12.1 Å². The fourth-order valence-corrected chi connectivity index (χ4v) is 1.77. The van der Waals surface area contributed by atoms with Gasteiger partial charge in [0.15, 0.2) is 0 Å². The summed E-state index contributed by atoms with van der Waals surface area (Å²) in [6, 6.07) is 15.5. The second-order valence-corrected chi connectivity index (χ2v) is 5.17. The topological polar surface area (TPSA) is 35.2 Å². The standard InChI is InChI=1S/C12H10NO.Bi/c13-10-6-8-12(9-7-10)14-11-4-2-1-3-5-11;/h2-9H,13H2;. The number of rotatable bonds is 2. The Labute approximate surface area is 104 Å². The summed E-state index contributed by atoms with van der Waals surface area (Å²) in [6.45, 7) is 0. The fraction of sp³-hybridized carbons (Fsp3) is 0. The summed E-state index contributed by atoms with van der Waals surface area (Å²) in [5.41, 5.74) is 6.33. The van der Waals surface area contributed by atoms with E-state index in [1.807, 2.05) is 36.4 Å². The predicted molar refractivity (Wildman–Crippen MR) is 62.8 cm³/mol. The van der Waals surface area contributed by atoms with Gasteiger partial charge in [0.1, 0.15) is 0 Å². The van der Waals surface area contributed by atoms with Crippen molar-refractivity contribution >= 4 is 33.7 Å². The SMILES string of the molecule is Nc1ccc(Oc2cc[c]([Bi])cc2)cc1. The summed E-state index contributed by atoms with van der Waals surface area (Å²) in [4.78, 5) is 0. The summed E-state index contributed by atoms with van der Waals surface area (Å²) >= 11 is 1.27. The molecule has 0 saturated carbocycles. The van der Waals surface area contributed by atoms with Gasteiger partial charge in [-0.25, -0.2) is 0 Å². The minimum absolute atomic E-state index is 0.746. The molecule has 15 heavy (non-hydrogen) atoms. The second kappa shape index (κ2) is 4.63. The van der Waals surface area contributed by atoms with Crippen molar-refractivity contribution in [2.75, 3.05) is 5.73 Å². The van der Waals surface area contributed by atoms with Crippen molar-refractivity contribution in [2.45, 2.75) is 0 Å². The van der Waals surface area contributed by atoms with Gasteiger partial charge in [0.05, 0.1) is 0 Å². The third-order valence-electron chi connectivity index (χ3n) is 1.95. The summed E-state index contributed by atoms with van der Waals surface area (Å²) in [7, 11) is 0. The van der Waals surface area contributed by atoms with Gasteiger partial charge in [-0.3, -0.25) is 0 Å². The maximum absolute atomic E-state index is 5.65. The molecular weight excluding hydrogens is 383 g/mol. The van der Waals surface area contributed by atoms with E-state index in [4.69, 9.17) is 10.5 Å². The van der Waals surface area contributed by atoms with Gasteiger partial charge < -0.3 is 0 Å². The van der Waals surface area contributed by atoms with Gasteiger partial charge in [-0.1, -0.05) is 0 Å². The van der Waals surface area contributed by atoms with Crippen LogP contribution in [0.15, 0.2) is 48.5 Å². The van der Waals surface area contributed by atoms with E-state index >= 15 is 0 Å². The van der Waals surface area contributed by atoms with Crippen LogP contribution in [-0.2, 0) is 0 Å². The monoisotopic (exact) mass is 393 g/mol. The zero-order valence-corrected chi connectivity index (χ0v) is 11.5. The average molecular weight is 393 g/mol. The van der Waals surface area contributed by atoms with Crippen molar-refractivity contribution in [3.05, 3.63) is 48.5 Å². The Balaban J connectivity index is 2.15. The van der Waals surface area contributed by atoms with E-state index in [9.17, 15) is 0 Å². The van der Waals surface area contributed by atoms with E-state index in [0.29, 0.717) is 0 Å². The van der Waals surface area contributed by atoms with Crippen LogP contribution in [0.1, 0.15) is 0 Å². The molecule has 0 unspecified atom stereocenters. The normalized spacial score (nSPS) is 9.93. The number of nitrogens with two attached hydrogens (primary N) is 1. The van der Waals surface area contributed by atoms with Crippen molar-refractivity contribution in [3.8, 4) is 11.5 Å². The molecule has 0 bridgehead atoms. The molecule has 0 saturated heterocycles. The Hall–Kier alpha value is -1.08. The molecule has 2 rings (SSSR count). The van der Waals surface area contributed by atoms with Crippen LogP contribution in [0.5, 0.6) is 11.5 Å². The van der Waals surface area contributed by atoms with E-state index in [1.54, 1.807) is 0 Å². The number of hydrogen-bond donors (Lipinski definition) is 1. The van der Waals surface area contributed by atoms with E-state index in [1.165, 1.54) is 28.0 Å². The van der Waals surface area contributed by atoms with Crippen molar-refractivity contribution in [1.82, 2.24) is 0 Å². The molecule has 0 aromatic heterocycles. The Kier molecular flexibility index (Phi) is 3.22. The first-order valence-corrected chi connectivity index (χ1v) is 6.30. The molecule has 3 heteroatoms. The molecule has 2 N–H and O–H groups in total. The number of anilines is 1. The third-order valence-corrected chi connectivity index (χ3v) is 3.11. The Morgan fingerprint density at radius 3 is 1.80 bits per heavy atom. The molecule has 0 aliphatic carbocycles. The Bertz CT molecular complexity index is 393. The predicted octanol–water partition coefficient (Wildman–Crippen LogP) is 1.85. The first-order valence-electron chi connectivity index (χ1n) is 4.56. The van der Waals surface area contributed by atoms with Crippen LogP contribution >= 0.6 is 0 Å². The third kappa shape index (κ3) is 2.93. The van der Waals surface area contributed by atoms with Gasteiger partial charge in [-0.05, 0) is 0 Å². The van der Waals surface area contributed by atoms with Gasteiger partial charge in [0.2, 0.25) is 0 Å². The van der Waals surface area contributed by atoms with Crippen LogP contribution in [0.4, 0.5) is 5.69 Å². The summed E-state index contributed by atoms with van der Waals surface area (Å²) in [6.07, 6.45) is 0. The molecular formula is C12H10BiNO. The molecule has 2 nitrogen and oxygen atoms in total. The van der Waals surface area contributed by atoms with E-state index in [-0.39, 0.29) is 0 Å². The molecule has 0 atom stereocenters. The van der Waals surface area contributed by atoms with Crippen molar-refractivity contribution in [1.29, 1.82) is 0 Å². The quantitative estimate of drug-likeness (QED) is 0.625. The minimum atomic E-state index is 0.746. The molecule has 2 aromatic carbocycles. The fourth-order valence-electron chi connectivity index (χ4n) is 1.19. The Morgan fingerprint density at radius 1 is 0.800 bits per heavy atom. The molecule has 0 fully saturated rings. The van der Waals surface area contributed by atoms with Crippen LogP contribution in [0.25, 0.3) is 0 Å². The first-order chi connectivity index (χ1) is 7.24. The van der Waals surface area contributed by atoms with Crippen molar-refractivity contribution in [2.24, 2.45) is 0 Å². The van der Waals surface area contributed by atoms with Crippen LogP contribution in [0, 0.1) is 0 Å². The molecule has 0 spiro atoms. The molecule has 0 amide bonds. The van der Waals surface area contributed by atoms with Crippen LogP contribution in [-0.4, -0.2) is 24.7 Å². The number of benzene rings is 2. The first kappa shape index (κ1) is 10.4. The van der Waals surface area contributed by atoms with E-state index in [0.717, 1.165) is 17.2 Å². The van der Waals surface area contributed by atoms with Crippen molar-refractivity contribution < 1.29 is 4.74 Å². The molecule has 74 valence electrons. The van der Waals surface area contributed by atoms with Crippen LogP contribution in [0.3, 0.4) is 0 Å². The van der Waals surface area contributed by atoms with Crippen LogP contribution in [0.2, 0.25) is 0 Å². The van der Waals surface area contributed by atoms with Gasteiger partial charge in [0.25, 0.3) is 0 Å². The van der Waals surface area contributed by atoms with E-state index < -0.39 is 0 Å². The van der Waals surface area contributed by atoms with Crippen molar-refractivity contribution in [3.63, 3.8) is 0 Å². The number of hydrogen-bond acceptors (Lipinski definition) is 2. The number of nitrogen functional groups attached to an aromatic ring is 1. The summed E-state index contributed by atoms with van der Waals surface area (Å²) in [5, 5.41) is 0. The molecule has 0 aliphatic rings. The van der Waals surface area contributed by atoms with Gasteiger partial charge in [-0.15, -0.1) is 0 Å². The number of ether oxygens (including phenoxy) is 1. The van der Waals surface area contributed by atoms with Gasteiger partial charge in [-0.2, -0.15) is 0 Å². The molecule has 0 aliphatic heterocycles. The summed E-state index contributed by atoms with van der Waals surface area (Å²) in [5.74, 6) is 1.66. The summed E-state index contributed by atoms with van der Waals surface area (Å²) < 4.78 is 6.98. The van der Waals surface area contributed by atoms with Gasteiger partial charge >= 0.3 is 104 Å². The zero-order valence-electron chi connectivity index (χ0n) is 8.05. The maximum atomic E-state index is 5.65. The average Bonchev–Trinajstić information content (AvgIpc) is 2.25. The second-order valence-electron chi connectivity index (χ2n) is 3.16. The van der Waals surface area contributed by atoms with Crippen LogP contribution < -0.4 is 13.7 Å².